The molecule has 96 valence electrons. The molecular weight excluding hydrogens is 244 g/mol. The minimum Gasteiger partial charge on any atom is -0.464 e. The Morgan fingerprint density at radius 1 is 1.35 bits per heavy atom. The third-order valence-electron chi connectivity index (χ3n) is 2.25. The van der Waals surface area contributed by atoms with Gasteiger partial charge in [0.05, 0.1) is 0 Å². The molecule has 1 aromatic heterocycles. The third kappa shape index (κ3) is 2.86. The Hall–Kier alpha value is -1.34. The van der Waals surface area contributed by atoms with E-state index in [0.717, 1.165) is 6.42 Å². The highest BCUT2D eigenvalue weighted by Crippen LogP contribution is 2.25. The predicted octanol–water partition coefficient (Wildman–Crippen LogP) is 0.684. The molecule has 0 aliphatic rings. The number of furan rings is 1. The summed E-state index contributed by atoms with van der Waals surface area (Å²) in [5.41, 5.74) is -0.00144. The normalized spacial score (nSPS) is 11.5. The Balaban J connectivity index is 3.28. The molecule has 0 atom stereocenters. The first kappa shape index (κ1) is 13.7. The van der Waals surface area contributed by atoms with Crippen LogP contribution in [-0.4, -0.2) is 20.9 Å². The van der Waals surface area contributed by atoms with Crippen LogP contribution in [0.3, 0.4) is 0 Å². The summed E-state index contributed by atoms with van der Waals surface area (Å²) in [6, 6.07) is 0. The lowest BCUT2D eigenvalue weighted by Crippen LogP contribution is -2.27. The van der Waals surface area contributed by atoms with E-state index in [9.17, 15) is 13.2 Å². The van der Waals surface area contributed by atoms with E-state index in [1.165, 1.54) is 13.8 Å². The van der Waals surface area contributed by atoms with Crippen LogP contribution in [0.2, 0.25) is 0 Å². The molecule has 0 fully saturated rings. The zero-order chi connectivity index (χ0) is 13.2. The van der Waals surface area contributed by atoms with E-state index < -0.39 is 15.9 Å². The summed E-state index contributed by atoms with van der Waals surface area (Å²) >= 11 is 0. The number of carbonyl (C=O) groups is 1. The molecule has 0 spiro atoms. The molecule has 0 aliphatic heterocycles. The van der Waals surface area contributed by atoms with Gasteiger partial charge in [-0.2, -0.15) is 0 Å². The molecule has 7 heteroatoms. The number of nitrogens with two attached hydrogens (primary N) is 1. The fourth-order valence-corrected chi connectivity index (χ4v) is 2.56. The highest BCUT2D eigenvalue weighted by molar-refractivity contribution is 7.89. The number of primary sulfonamides is 1. The second-order valence-corrected chi connectivity index (χ2v) is 5.22. The summed E-state index contributed by atoms with van der Waals surface area (Å²) in [5, 5.41) is 7.67. The molecule has 1 aromatic rings. The lowest BCUT2D eigenvalue weighted by Gasteiger charge is -2.04. The van der Waals surface area contributed by atoms with Crippen molar-refractivity contribution in [1.82, 2.24) is 5.32 Å². The highest BCUT2D eigenvalue weighted by atomic mass is 32.2. The van der Waals surface area contributed by atoms with Crippen LogP contribution in [0.25, 0.3) is 0 Å². The van der Waals surface area contributed by atoms with Gasteiger partial charge < -0.3 is 9.73 Å². The number of hydrogen-bond acceptors (Lipinski definition) is 4. The van der Waals surface area contributed by atoms with Gasteiger partial charge in [-0.25, -0.2) is 13.6 Å². The summed E-state index contributed by atoms with van der Waals surface area (Å²) in [6.45, 7) is 5.35. The monoisotopic (exact) mass is 260 g/mol. The van der Waals surface area contributed by atoms with Crippen molar-refractivity contribution < 1.29 is 17.6 Å². The van der Waals surface area contributed by atoms with Gasteiger partial charge in [-0.1, -0.05) is 6.92 Å². The van der Waals surface area contributed by atoms with E-state index in [0.29, 0.717) is 6.54 Å². The Morgan fingerprint density at radius 3 is 2.41 bits per heavy atom. The molecular formula is C10H16N2O4S. The second kappa shape index (κ2) is 4.89. The molecule has 0 saturated carbocycles. The number of rotatable bonds is 4. The van der Waals surface area contributed by atoms with Crippen LogP contribution in [0.15, 0.2) is 9.31 Å². The van der Waals surface area contributed by atoms with Crippen LogP contribution < -0.4 is 10.5 Å². The lowest BCUT2D eigenvalue weighted by molar-refractivity contribution is 0.0949. The van der Waals surface area contributed by atoms with E-state index in [1.807, 2.05) is 6.92 Å². The summed E-state index contributed by atoms with van der Waals surface area (Å²) in [7, 11) is -3.97. The van der Waals surface area contributed by atoms with Gasteiger partial charge >= 0.3 is 0 Å². The number of hydrogen-bond donors (Lipinski definition) is 2. The van der Waals surface area contributed by atoms with Gasteiger partial charge in [0, 0.05) is 6.54 Å². The molecule has 0 unspecified atom stereocenters. The van der Waals surface area contributed by atoms with Crippen LogP contribution in [0, 0.1) is 13.8 Å². The molecule has 6 nitrogen and oxygen atoms in total. The van der Waals surface area contributed by atoms with Gasteiger partial charge in [0.2, 0.25) is 10.0 Å². The van der Waals surface area contributed by atoms with Crippen molar-refractivity contribution in [1.29, 1.82) is 0 Å². The number of amides is 1. The summed E-state index contributed by atoms with van der Waals surface area (Å²) in [5.74, 6) is -0.1000. The quantitative estimate of drug-likeness (QED) is 0.831. The number of sulfonamides is 1. The van der Waals surface area contributed by atoms with Gasteiger partial charge in [-0.05, 0) is 20.3 Å². The fourth-order valence-electron chi connectivity index (χ4n) is 1.60. The zero-order valence-corrected chi connectivity index (χ0v) is 10.8. The van der Waals surface area contributed by atoms with Crippen LogP contribution >= 0.6 is 0 Å². The molecule has 3 N–H and O–H groups in total. The van der Waals surface area contributed by atoms with Crippen LogP contribution in [0.1, 0.15) is 35.2 Å². The molecule has 17 heavy (non-hydrogen) atoms. The minimum absolute atomic E-state index is 0.00144. The van der Waals surface area contributed by atoms with Crippen LogP contribution in [0.5, 0.6) is 0 Å². The van der Waals surface area contributed by atoms with Gasteiger partial charge in [0.15, 0.2) is 0 Å². The lowest BCUT2D eigenvalue weighted by atomic mass is 10.2. The molecule has 0 saturated heterocycles. The van der Waals surface area contributed by atoms with Crippen molar-refractivity contribution in [3.05, 3.63) is 17.1 Å². The van der Waals surface area contributed by atoms with E-state index in [4.69, 9.17) is 9.56 Å². The SMILES string of the molecule is CCCNC(=O)c1c(C)oc(C)c1S(N)(=O)=O. The van der Waals surface area contributed by atoms with E-state index in [1.54, 1.807) is 0 Å². The molecule has 0 aliphatic carbocycles. The van der Waals surface area contributed by atoms with Crippen molar-refractivity contribution in [2.75, 3.05) is 6.54 Å². The smallest absolute Gasteiger partial charge is 0.256 e. The summed E-state index contributed by atoms with van der Waals surface area (Å²) < 4.78 is 28.0. The van der Waals surface area contributed by atoms with Crippen molar-refractivity contribution >= 4 is 15.9 Å². The first-order chi connectivity index (χ1) is 7.79. The second-order valence-electron chi connectivity index (χ2n) is 3.72. The number of carbonyl (C=O) groups excluding carboxylic acids is 1. The van der Waals surface area contributed by atoms with E-state index in [-0.39, 0.29) is 22.0 Å². The topological polar surface area (TPSA) is 102 Å². The number of aryl methyl sites for hydroxylation is 2. The Morgan fingerprint density at radius 2 is 1.94 bits per heavy atom. The Kier molecular flexibility index (Phi) is 3.94. The number of nitrogens with one attached hydrogen (secondary N) is 1. The summed E-state index contributed by atoms with van der Waals surface area (Å²) in [4.78, 5) is 11.6. The van der Waals surface area contributed by atoms with Gasteiger partial charge in [0.1, 0.15) is 22.0 Å². The highest BCUT2D eigenvalue weighted by Gasteiger charge is 2.28. The van der Waals surface area contributed by atoms with Gasteiger partial charge in [-0.15, -0.1) is 0 Å². The maximum atomic E-state index is 11.8. The largest absolute Gasteiger partial charge is 0.464 e. The van der Waals surface area contributed by atoms with Crippen LogP contribution in [0.4, 0.5) is 0 Å². The average Bonchev–Trinajstić information content (AvgIpc) is 2.49. The first-order valence-corrected chi connectivity index (χ1v) is 6.74. The predicted molar refractivity (Wildman–Crippen MR) is 62.2 cm³/mol. The zero-order valence-electron chi connectivity index (χ0n) is 10.0. The van der Waals surface area contributed by atoms with Gasteiger partial charge in [0.25, 0.3) is 5.91 Å². The molecule has 0 bridgehead atoms. The van der Waals surface area contributed by atoms with Crippen molar-refractivity contribution in [2.24, 2.45) is 5.14 Å². The Bertz CT molecular complexity index is 531. The maximum absolute atomic E-state index is 11.8. The van der Waals surface area contributed by atoms with Crippen LogP contribution in [-0.2, 0) is 10.0 Å². The fraction of sp³-hybridized carbons (Fsp3) is 0.500. The molecule has 0 aromatic carbocycles. The maximum Gasteiger partial charge on any atom is 0.256 e. The molecule has 1 rings (SSSR count). The van der Waals surface area contributed by atoms with E-state index >= 15 is 0 Å². The minimum atomic E-state index is -3.97. The average molecular weight is 260 g/mol. The van der Waals surface area contributed by atoms with Crippen molar-refractivity contribution in [3.8, 4) is 0 Å². The van der Waals surface area contributed by atoms with Crippen molar-refractivity contribution in [3.63, 3.8) is 0 Å². The summed E-state index contributed by atoms with van der Waals surface area (Å²) in [6.07, 6.45) is 0.756. The molecule has 0 radical (unpaired) electrons. The molecule has 1 heterocycles. The van der Waals surface area contributed by atoms with Crippen molar-refractivity contribution in [2.45, 2.75) is 32.1 Å². The Labute approximate surface area is 100 Å². The van der Waals surface area contributed by atoms with E-state index in [2.05, 4.69) is 5.32 Å². The standard InChI is InChI=1S/C10H16N2O4S/c1-4-5-12-10(13)8-6(2)16-7(3)9(8)17(11,14)15/h4-5H2,1-3H3,(H,12,13)(H2,11,14,15). The van der Waals surface area contributed by atoms with Gasteiger partial charge in [-0.3, -0.25) is 4.79 Å². The third-order valence-corrected chi connectivity index (χ3v) is 3.31. The molecule has 1 amide bonds. The first-order valence-electron chi connectivity index (χ1n) is 5.20.